The van der Waals surface area contributed by atoms with Gasteiger partial charge in [-0.1, -0.05) is 41.6 Å². The lowest BCUT2D eigenvalue weighted by molar-refractivity contribution is 0.359. The SMILES string of the molecule is O=S(=O)(c1ccc2c(c1)CCC2)N1CCCC1Cc1noc(Cc2ccccc2)n1. The third kappa shape index (κ3) is 3.79. The van der Waals surface area contributed by atoms with Crippen molar-refractivity contribution in [2.24, 2.45) is 0 Å². The molecule has 1 unspecified atom stereocenters. The van der Waals surface area contributed by atoms with E-state index in [0.717, 1.165) is 37.7 Å². The average Bonchev–Trinajstić information content (AvgIpc) is 3.49. The van der Waals surface area contributed by atoms with Crippen molar-refractivity contribution >= 4 is 10.0 Å². The number of hydrogen-bond donors (Lipinski definition) is 0. The van der Waals surface area contributed by atoms with Gasteiger partial charge >= 0.3 is 0 Å². The van der Waals surface area contributed by atoms with Crippen LogP contribution >= 0.6 is 0 Å². The summed E-state index contributed by atoms with van der Waals surface area (Å²) in [7, 11) is -3.52. The zero-order chi connectivity index (χ0) is 20.6. The second kappa shape index (κ2) is 7.96. The molecule has 1 aliphatic heterocycles. The Bertz CT molecular complexity index is 1140. The van der Waals surface area contributed by atoms with Crippen LogP contribution in [0.5, 0.6) is 0 Å². The summed E-state index contributed by atoms with van der Waals surface area (Å²) in [6, 6.07) is 15.5. The second-order valence-corrected chi connectivity index (χ2v) is 10.1. The Morgan fingerprint density at radius 3 is 2.73 bits per heavy atom. The number of aryl methyl sites for hydroxylation is 2. The molecule has 30 heavy (non-hydrogen) atoms. The third-order valence-electron chi connectivity index (χ3n) is 6.13. The van der Waals surface area contributed by atoms with Gasteiger partial charge in [0.05, 0.1) is 11.3 Å². The fourth-order valence-electron chi connectivity index (χ4n) is 4.60. The lowest BCUT2D eigenvalue weighted by atomic mass is 10.1. The van der Waals surface area contributed by atoms with Crippen LogP contribution in [0.25, 0.3) is 0 Å². The summed E-state index contributed by atoms with van der Waals surface area (Å²) in [5.74, 6) is 1.13. The van der Waals surface area contributed by atoms with Gasteiger partial charge in [0.15, 0.2) is 5.82 Å². The van der Waals surface area contributed by atoms with Crippen LogP contribution in [-0.4, -0.2) is 35.5 Å². The molecule has 0 N–H and O–H groups in total. The molecular weight excluding hydrogens is 398 g/mol. The summed E-state index contributed by atoms with van der Waals surface area (Å²) in [4.78, 5) is 4.92. The molecule has 1 fully saturated rings. The molecule has 156 valence electrons. The molecule has 1 aliphatic carbocycles. The minimum absolute atomic E-state index is 0.134. The molecule has 2 heterocycles. The number of aromatic nitrogens is 2. The molecule has 1 aromatic heterocycles. The molecule has 1 atom stereocenters. The molecule has 0 radical (unpaired) electrons. The highest BCUT2D eigenvalue weighted by Crippen LogP contribution is 2.31. The Kier molecular flexibility index (Phi) is 5.16. The normalized spacial score (nSPS) is 19.3. The van der Waals surface area contributed by atoms with Crippen molar-refractivity contribution in [2.45, 2.75) is 55.9 Å². The van der Waals surface area contributed by atoms with Crippen LogP contribution < -0.4 is 0 Å². The Balaban J connectivity index is 1.32. The van der Waals surface area contributed by atoms with Gasteiger partial charge in [-0.3, -0.25) is 0 Å². The number of fused-ring (bicyclic) bond motifs is 1. The molecule has 0 saturated carbocycles. The topological polar surface area (TPSA) is 76.3 Å². The first kappa shape index (κ1) is 19.5. The molecule has 5 rings (SSSR count). The van der Waals surface area contributed by atoms with Gasteiger partial charge in [0.2, 0.25) is 15.9 Å². The number of sulfonamides is 1. The highest BCUT2D eigenvalue weighted by Gasteiger charge is 2.36. The predicted molar refractivity (Wildman–Crippen MR) is 113 cm³/mol. The average molecular weight is 424 g/mol. The molecule has 1 saturated heterocycles. The molecule has 7 heteroatoms. The maximum atomic E-state index is 13.3. The van der Waals surface area contributed by atoms with Crippen LogP contribution in [0, 0.1) is 0 Å². The largest absolute Gasteiger partial charge is 0.339 e. The van der Waals surface area contributed by atoms with E-state index in [9.17, 15) is 8.42 Å². The molecular formula is C23H25N3O3S. The van der Waals surface area contributed by atoms with E-state index < -0.39 is 10.0 Å². The molecule has 0 bridgehead atoms. The summed E-state index contributed by atoms with van der Waals surface area (Å²) < 4.78 is 33.7. The van der Waals surface area contributed by atoms with Gasteiger partial charge in [-0.2, -0.15) is 9.29 Å². The molecule has 6 nitrogen and oxygen atoms in total. The maximum Gasteiger partial charge on any atom is 0.243 e. The van der Waals surface area contributed by atoms with E-state index in [-0.39, 0.29) is 6.04 Å². The summed E-state index contributed by atoms with van der Waals surface area (Å²) >= 11 is 0. The zero-order valence-electron chi connectivity index (χ0n) is 16.8. The van der Waals surface area contributed by atoms with Crippen LogP contribution in [0.1, 0.15) is 47.7 Å². The summed E-state index contributed by atoms with van der Waals surface area (Å²) in [5, 5.41) is 4.10. The minimum Gasteiger partial charge on any atom is -0.339 e. The first-order valence-corrected chi connectivity index (χ1v) is 12.0. The monoisotopic (exact) mass is 423 g/mol. The minimum atomic E-state index is -3.52. The first-order valence-electron chi connectivity index (χ1n) is 10.6. The van der Waals surface area contributed by atoms with Crippen LogP contribution in [-0.2, 0) is 35.7 Å². The summed E-state index contributed by atoms with van der Waals surface area (Å²) in [6.45, 7) is 0.540. The van der Waals surface area contributed by atoms with Gasteiger partial charge in [0.1, 0.15) is 0 Å². The van der Waals surface area contributed by atoms with E-state index in [1.807, 2.05) is 42.5 Å². The van der Waals surface area contributed by atoms with E-state index in [1.54, 1.807) is 10.4 Å². The van der Waals surface area contributed by atoms with Gasteiger partial charge in [-0.25, -0.2) is 8.42 Å². The molecule has 0 amide bonds. The quantitative estimate of drug-likeness (QED) is 0.606. The van der Waals surface area contributed by atoms with Crippen LogP contribution in [0.2, 0.25) is 0 Å². The second-order valence-electron chi connectivity index (χ2n) is 8.17. The number of rotatable bonds is 6. The van der Waals surface area contributed by atoms with Gasteiger partial charge in [-0.15, -0.1) is 0 Å². The van der Waals surface area contributed by atoms with Gasteiger partial charge in [-0.05, 0) is 60.9 Å². The molecule has 3 aromatic rings. The van der Waals surface area contributed by atoms with Crippen molar-refractivity contribution in [2.75, 3.05) is 6.54 Å². The maximum absolute atomic E-state index is 13.3. The Labute approximate surface area is 177 Å². The molecule has 2 aliphatic rings. The fraction of sp³-hybridized carbons (Fsp3) is 0.391. The summed E-state index contributed by atoms with van der Waals surface area (Å²) in [6.07, 6.45) is 5.84. The smallest absolute Gasteiger partial charge is 0.243 e. The Morgan fingerprint density at radius 1 is 1.03 bits per heavy atom. The Hall–Kier alpha value is -2.51. The highest BCUT2D eigenvalue weighted by molar-refractivity contribution is 7.89. The van der Waals surface area contributed by atoms with Crippen LogP contribution in [0.15, 0.2) is 57.9 Å². The van der Waals surface area contributed by atoms with Crippen LogP contribution in [0.3, 0.4) is 0 Å². The van der Waals surface area contributed by atoms with Crippen molar-refractivity contribution in [3.8, 4) is 0 Å². The fourth-order valence-corrected chi connectivity index (χ4v) is 6.34. The lowest BCUT2D eigenvalue weighted by Crippen LogP contribution is -2.37. The van der Waals surface area contributed by atoms with E-state index in [4.69, 9.17) is 4.52 Å². The van der Waals surface area contributed by atoms with Crippen molar-refractivity contribution < 1.29 is 12.9 Å². The van der Waals surface area contributed by atoms with Crippen LogP contribution in [0.4, 0.5) is 0 Å². The van der Waals surface area contributed by atoms with Gasteiger partial charge in [0.25, 0.3) is 0 Å². The number of benzene rings is 2. The molecule has 0 spiro atoms. The summed E-state index contributed by atoms with van der Waals surface area (Å²) in [5.41, 5.74) is 3.56. The molecule has 2 aromatic carbocycles. The van der Waals surface area contributed by atoms with Crippen molar-refractivity contribution in [1.29, 1.82) is 0 Å². The lowest BCUT2D eigenvalue weighted by Gasteiger charge is -2.23. The van der Waals surface area contributed by atoms with E-state index >= 15 is 0 Å². The van der Waals surface area contributed by atoms with Crippen molar-refractivity contribution in [3.63, 3.8) is 0 Å². The standard InChI is InChI=1S/C23H25N3O3S/c27-30(28,21-12-11-18-8-4-9-19(18)15-21)26-13-5-10-20(26)16-22-24-23(29-25-22)14-17-6-2-1-3-7-17/h1-3,6-7,11-12,15,20H,4-5,8-10,13-14,16H2. The van der Waals surface area contributed by atoms with Crippen molar-refractivity contribution in [1.82, 2.24) is 14.4 Å². The third-order valence-corrected chi connectivity index (χ3v) is 8.07. The van der Waals surface area contributed by atoms with Gasteiger partial charge < -0.3 is 4.52 Å². The first-order chi connectivity index (χ1) is 14.6. The zero-order valence-corrected chi connectivity index (χ0v) is 17.6. The number of hydrogen-bond acceptors (Lipinski definition) is 5. The van der Waals surface area contributed by atoms with E-state index in [1.165, 1.54) is 11.1 Å². The number of nitrogens with zero attached hydrogens (tertiary/aromatic N) is 3. The Morgan fingerprint density at radius 2 is 1.87 bits per heavy atom. The van der Waals surface area contributed by atoms with Crippen molar-refractivity contribution in [3.05, 3.63) is 76.9 Å². The van der Waals surface area contributed by atoms with E-state index in [0.29, 0.717) is 36.0 Å². The van der Waals surface area contributed by atoms with Gasteiger partial charge in [0, 0.05) is 19.0 Å². The highest BCUT2D eigenvalue weighted by atomic mass is 32.2. The van der Waals surface area contributed by atoms with E-state index in [2.05, 4.69) is 10.1 Å². The predicted octanol–water partition coefficient (Wildman–Crippen LogP) is 3.54.